The lowest BCUT2D eigenvalue weighted by atomic mass is 9.85. The summed E-state index contributed by atoms with van der Waals surface area (Å²) in [5.74, 6) is 0.995. The minimum atomic E-state index is -1.12. The van der Waals surface area contributed by atoms with Crippen molar-refractivity contribution < 1.29 is 23.9 Å². The van der Waals surface area contributed by atoms with E-state index in [1.807, 2.05) is 55.3 Å². The number of thioether (sulfide) groups is 2. The van der Waals surface area contributed by atoms with Crippen LogP contribution < -0.4 is 5.32 Å². The quantitative estimate of drug-likeness (QED) is 0.563. The van der Waals surface area contributed by atoms with Gasteiger partial charge in [0.1, 0.15) is 6.04 Å². The van der Waals surface area contributed by atoms with E-state index in [4.69, 9.17) is 9.47 Å². The second-order valence-electron chi connectivity index (χ2n) is 9.95. The number of hydrogen-bond donors (Lipinski definition) is 1. The molecule has 3 atom stereocenters. The number of esters is 1. The molecule has 1 aromatic carbocycles. The zero-order chi connectivity index (χ0) is 24.9. The molecule has 2 unspecified atom stereocenters. The Morgan fingerprint density at radius 3 is 2.38 bits per heavy atom. The van der Waals surface area contributed by atoms with Crippen molar-refractivity contribution in [3.63, 3.8) is 0 Å². The van der Waals surface area contributed by atoms with Gasteiger partial charge in [0.2, 0.25) is 12.0 Å². The fourth-order valence-corrected chi connectivity index (χ4v) is 7.87. The van der Waals surface area contributed by atoms with Crippen LogP contribution in [0.15, 0.2) is 30.3 Å². The topological polar surface area (TPSA) is 84.9 Å². The molecular weight excluding hydrogens is 472 g/mol. The van der Waals surface area contributed by atoms with E-state index in [1.54, 1.807) is 31.4 Å². The predicted molar refractivity (Wildman–Crippen MR) is 137 cm³/mol. The fourth-order valence-electron chi connectivity index (χ4n) is 4.45. The SMILES string of the molecule is COC[C@@H]1CC2(CN1C(=O)C(NC(=O)C(OC(C)=O)c1ccccc1)C(C)(C)C)SCCCS2. The van der Waals surface area contributed by atoms with Gasteiger partial charge in [-0.1, -0.05) is 51.1 Å². The summed E-state index contributed by atoms with van der Waals surface area (Å²) in [4.78, 5) is 41.0. The molecule has 1 spiro atoms. The Labute approximate surface area is 211 Å². The number of nitrogens with one attached hydrogen (secondary N) is 1. The Hall–Kier alpha value is -1.71. The van der Waals surface area contributed by atoms with Crippen LogP contribution in [0.25, 0.3) is 0 Å². The molecular formula is C25H36N2O5S2. The molecule has 34 heavy (non-hydrogen) atoms. The first-order valence-corrected chi connectivity index (χ1v) is 13.6. The van der Waals surface area contributed by atoms with Gasteiger partial charge in [-0.05, 0) is 29.8 Å². The molecule has 9 heteroatoms. The molecule has 1 aromatic rings. The van der Waals surface area contributed by atoms with E-state index in [-0.39, 0.29) is 16.0 Å². The van der Waals surface area contributed by atoms with E-state index in [2.05, 4.69) is 5.32 Å². The number of carbonyl (C=O) groups is 3. The molecule has 0 aliphatic carbocycles. The standard InChI is InChI=1S/C25H36N2O5S2/c1-17(28)32-20(18-10-7-6-8-11-18)22(29)26-21(24(2,3)4)23(30)27-16-25(14-19(27)15-31-5)33-12-9-13-34-25/h6-8,10-11,19-21H,9,12-16H2,1-5H3,(H,26,29)/t19-,20?,21?/m0/s1. The smallest absolute Gasteiger partial charge is 0.303 e. The Morgan fingerprint density at radius 1 is 1.18 bits per heavy atom. The zero-order valence-electron chi connectivity index (χ0n) is 20.7. The van der Waals surface area contributed by atoms with Crippen molar-refractivity contribution in [1.29, 1.82) is 0 Å². The third kappa shape index (κ3) is 6.49. The van der Waals surface area contributed by atoms with E-state index >= 15 is 0 Å². The van der Waals surface area contributed by atoms with Crippen molar-refractivity contribution in [2.24, 2.45) is 5.41 Å². The average molecular weight is 509 g/mol. The molecule has 188 valence electrons. The number of amides is 2. The number of ether oxygens (including phenoxy) is 2. The molecule has 1 N–H and O–H groups in total. The highest BCUT2D eigenvalue weighted by atomic mass is 32.2. The summed E-state index contributed by atoms with van der Waals surface area (Å²) in [5.41, 5.74) is 0.00689. The minimum Gasteiger partial charge on any atom is -0.447 e. The Kier molecular flexibility index (Phi) is 8.98. The van der Waals surface area contributed by atoms with Crippen molar-refractivity contribution >= 4 is 41.3 Å². The van der Waals surface area contributed by atoms with Gasteiger partial charge in [0.05, 0.1) is 16.7 Å². The van der Waals surface area contributed by atoms with Gasteiger partial charge in [-0.2, -0.15) is 0 Å². The lowest BCUT2D eigenvalue weighted by Crippen LogP contribution is -2.57. The molecule has 7 nitrogen and oxygen atoms in total. The summed E-state index contributed by atoms with van der Waals surface area (Å²) in [6.45, 7) is 8.15. The number of hydrogen-bond acceptors (Lipinski definition) is 7. The molecule has 2 heterocycles. The summed E-state index contributed by atoms with van der Waals surface area (Å²) >= 11 is 3.87. The average Bonchev–Trinajstić information content (AvgIpc) is 3.13. The van der Waals surface area contributed by atoms with Gasteiger partial charge in [0, 0.05) is 26.1 Å². The van der Waals surface area contributed by atoms with Crippen LogP contribution in [0.3, 0.4) is 0 Å². The van der Waals surface area contributed by atoms with Gasteiger partial charge < -0.3 is 19.7 Å². The van der Waals surface area contributed by atoms with Crippen molar-refractivity contribution in [3.8, 4) is 0 Å². The summed E-state index contributed by atoms with van der Waals surface area (Å²) in [6, 6.07) is 8.03. The highest BCUT2D eigenvalue weighted by molar-refractivity contribution is 8.18. The molecule has 2 saturated heterocycles. The zero-order valence-corrected chi connectivity index (χ0v) is 22.3. The first-order valence-electron chi connectivity index (χ1n) is 11.7. The van der Waals surface area contributed by atoms with E-state index in [1.165, 1.54) is 13.3 Å². The predicted octanol–water partition coefficient (Wildman–Crippen LogP) is 3.64. The van der Waals surface area contributed by atoms with Gasteiger partial charge in [-0.3, -0.25) is 14.4 Å². The van der Waals surface area contributed by atoms with Crippen molar-refractivity contribution in [1.82, 2.24) is 10.2 Å². The molecule has 0 radical (unpaired) electrons. The minimum absolute atomic E-state index is 0.0200. The monoisotopic (exact) mass is 508 g/mol. The summed E-state index contributed by atoms with van der Waals surface area (Å²) in [5, 5.41) is 2.93. The Balaban J connectivity index is 1.84. The molecule has 3 rings (SSSR count). The maximum Gasteiger partial charge on any atom is 0.303 e. The number of methoxy groups -OCH3 is 1. The lowest BCUT2D eigenvalue weighted by Gasteiger charge is -2.37. The maximum absolute atomic E-state index is 13.9. The summed E-state index contributed by atoms with van der Waals surface area (Å²) in [7, 11) is 1.65. The van der Waals surface area contributed by atoms with E-state index < -0.39 is 29.4 Å². The molecule has 2 aliphatic heterocycles. The second-order valence-corrected chi connectivity index (χ2v) is 13.2. The molecule has 0 saturated carbocycles. The third-order valence-electron chi connectivity index (χ3n) is 6.08. The van der Waals surface area contributed by atoms with Gasteiger partial charge in [0.15, 0.2) is 0 Å². The van der Waals surface area contributed by atoms with Crippen LogP contribution in [0.4, 0.5) is 0 Å². The van der Waals surface area contributed by atoms with E-state index in [0.29, 0.717) is 18.7 Å². The molecule has 2 aliphatic rings. The van der Waals surface area contributed by atoms with Crippen LogP contribution in [-0.2, 0) is 23.9 Å². The molecule has 0 aromatic heterocycles. The highest BCUT2D eigenvalue weighted by Crippen LogP contribution is 2.50. The summed E-state index contributed by atoms with van der Waals surface area (Å²) in [6.07, 6.45) is 0.922. The van der Waals surface area contributed by atoms with Crippen molar-refractivity contribution in [3.05, 3.63) is 35.9 Å². The maximum atomic E-state index is 13.9. The number of nitrogens with zero attached hydrogens (tertiary/aromatic N) is 1. The van der Waals surface area contributed by atoms with Crippen LogP contribution >= 0.6 is 23.5 Å². The second kappa shape index (κ2) is 11.4. The highest BCUT2D eigenvalue weighted by Gasteiger charge is 2.50. The fraction of sp³-hybridized carbons (Fsp3) is 0.640. The van der Waals surface area contributed by atoms with Crippen LogP contribution in [0, 0.1) is 5.41 Å². The van der Waals surface area contributed by atoms with E-state index in [9.17, 15) is 14.4 Å². The number of carbonyl (C=O) groups excluding carboxylic acids is 3. The van der Waals surface area contributed by atoms with Gasteiger partial charge >= 0.3 is 5.97 Å². The molecule has 2 fully saturated rings. The van der Waals surface area contributed by atoms with Gasteiger partial charge in [-0.25, -0.2) is 0 Å². The van der Waals surface area contributed by atoms with Crippen LogP contribution in [-0.4, -0.2) is 70.6 Å². The first-order chi connectivity index (χ1) is 16.1. The van der Waals surface area contributed by atoms with Crippen LogP contribution in [0.1, 0.15) is 52.2 Å². The first kappa shape index (κ1) is 26.9. The van der Waals surface area contributed by atoms with Crippen molar-refractivity contribution in [2.45, 2.75) is 62.8 Å². The number of rotatable bonds is 7. The largest absolute Gasteiger partial charge is 0.447 e. The number of likely N-dealkylation sites (tertiary alicyclic amines) is 1. The molecule has 0 bridgehead atoms. The molecule has 2 amide bonds. The van der Waals surface area contributed by atoms with E-state index in [0.717, 1.165) is 17.9 Å². The number of benzene rings is 1. The van der Waals surface area contributed by atoms with Crippen LogP contribution in [0.5, 0.6) is 0 Å². The van der Waals surface area contributed by atoms with Gasteiger partial charge in [-0.15, -0.1) is 23.5 Å². The Morgan fingerprint density at radius 2 is 1.82 bits per heavy atom. The van der Waals surface area contributed by atoms with Crippen LogP contribution in [0.2, 0.25) is 0 Å². The lowest BCUT2D eigenvalue weighted by molar-refractivity contribution is -0.156. The van der Waals surface area contributed by atoms with Crippen molar-refractivity contribution in [2.75, 3.05) is 31.8 Å². The summed E-state index contributed by atoms with van der Waals surface area (Å²) < 4.78 is 10.8. The Bertz CT molecular complexity index is 868. The van der Waals surface area contributed by atoms with Gasteiger partial charge in [0.25, 0.3) is 5.91 Å². The normalized spacial score (nSPS) is 21.7. The third-order valence-corrected chi connectivity index (χ3v) is 9.42.